The maximum Gasteiger partial charge on any atom is 0.338 e. The quantitative estimate of drug-likeness (QED) is 0.790. The molecule has 0 saturated heterocycles. The van der Waals surface area contributed by atoms with E-state index in [0.29, 0.717) is 23.7 Å². The predicted octanol–water partition coefficient (Wildman–Crippen LogP) is 3.78. The lowest BCUT2D eigenvalue weighted by Gasteiger charge is -2.17. The summed E-state index contributed by atoms with van der Waals surface area (Å²) in [7, 11) is 1.72. The fraction of sp³-hybridized carbons (Fsp3) is 0.263. The van der Waals surface area contributed by atoms with Crippen molar-refractivity contribution in [1.29, 1.82) is 0 Å². The zero-order valence-corrected chi connectivity index (χ0v) is 13.7. The van der Waals surface area contributed by atoms with E-state index < -0.39 is 0 Å². The number of amides is 1. The molecular weight excluding hydrogens is 290 g/mol. The number of ether oxygens (including phenoxy) is 1. The van der Waals surface area contributed by atoms with E-state index in [1.807, 2.05) is 44.2 Å². The third kappa shape index (κ3) is 4.42. The molecule has 0 fully saturated rings. The zero-order chi connectivity index (χ0) is 16.8. The van der Waals surface area contributed by atoms with Crippen molar-refractivity contribution in [3.63, 3.8) is 0 Å². The summed E-state index contributed by atoms with van der Waals surface area (Å²) in [5.41, 5.74) is 1.79. The molecule has 0 radical (unpaired) electrons. The number of para-hydroxylation sites is 1. The smallest absolute Gasteiger partial charge is 0.338 e. The Kier molecular flexibility index (Phi) is 5.52. The van der Waals surface area contributed by atoms with E-state index in [-0.39, 0.29) is 11.9 Å². The maximum atomic E-state index is 12.5. The van der Waals surface area contributed by atoms with Gasteiger partial charge in [-0.25, -0.2) is 4.79 Å². The predicted molar refractivity (Wildman–Crippen MR) is 90.7 cm³/mol. The number of anilines is 1. The molecule has 0 aliphatic heterocycles. The van der Waals surface area contributed by atoms with Crippen LogP contribution in [0.15, 0.2) is 54.6 Å². The first-order valence-corrected chi connectivity index (χ1v) is 7.59. The Morgan fingerprint density at radius 3 is 2.09 bits per heavy atom. The van der Waals surface area contributed by atoms with Gasteiger partial charge in [0.1, 0.15) is 0 Å². The number of carbonyl (C=O) groups is 2. The van der Waals surface area contributed by atoms with Gasteiger partial charge >= 0.3 is 5.97 Å². The Morgan fingerprint density at radius 2 is 1.52 bits per heavy atom. The van der Waals surface area contributed by atoms with E-state index in [2.05, 4.69) is 0 Å². The number of rotatable bonds is 5. The van der Waals surface area contributed by atoms with Crippen molar-refractivity contribution >= 4 is 17.6 Å². The summed E-state index contributed by atoms with van der Waals surface area (Å²) in [5, 5.41) is 0. The van der Waals surface area contributed by atoms with Gasteiger partial charge < -0.3 is 9.64 Å². The highest BCUT2D eigenvalue weighted by Crippen LogP contribution is 2.15. The van der Waals surface area contributed by atoms with Crippen molar-refractivity contribution in [2.45, 2.75) is 13.8 Å². The lowest BCUT2D eigenvalue weighted by atomic mass is 10.1. The van der Waals surface area contributed by atoms with Crippen LogP contribution < -0.4 is 4.90 Å². The van der Waals surface area contributed by atoms with Gasteiger partial charge in [-0.2, -0.15) is 0 Å². The molecule has 0 aromatic heterocycles. The van der Waals surface area contributed by atoms with E-state index in [1.54, 1.807) is 36.2 Å². The van der Waals surface area contributed by atoms with Gasteiger partial charge in [-0.1, -0.05) is 32.0 Å². The second kappa shape index (κ2) is 7.58. The standard InChI is InChI=1S/C19H21NO3/c1-14(2)13-23-19(22)16-11-9-15(10-12-16)18(21)20(3)17-7-5-4-6-8-17/h4-12,14H,13H2,1-3H3. The van der Waals surface area contributed by atoms with Crippen LogP contribution >= 0.6 is 0 Å². The minimum Gasteiger partial charge on any atom is -0.462 e. The summed E-state index contributed by atoms with van der Waals surface area (Å²) in [6.07, 6.45) is 0. The van der Waals surface area contributed by atoms with Crippen LogP contribution in [0.5, 0.6) is 0 Å². The van der Waals surface area contributed by atoms with Crippen molar-refractivity contribution in [3.8, 4) is 0 Å². The highest BCUT2D eigenvalue weighted by molar-refractivity contribution is 6.06. The molecule has 1 amide bonds. The van der Waals surface area contributed by atoms with Crippen LogP contribution in [0, 0.1) is 5.92 Å². The second-order valence-corrected chi connectivity index (χ2v) is 5.77. The third-order valence-electron chi connectivity index (χ3n) is 3.36. The summed E-state index contributed by atoms with van der Waals surface area (Å²) >= 11 is 0. The van der Waals surface area contributed by atoms with Crippen molar-refractivity contribution in [1.82, 2.24) is 0 Å². The summed E-state index contributed by atoms with van der Waals surface area (Å²) < 4.78 is 5.17. The van der Waals surface area contributed by atoms with Crippen molar-refractivity contribution in [3.05, 3.63) is 65.7 Å². The lowest BCUT2D eigenvalue weighted by Crippen LogP contribution is -2.26. The Balaban J connectivity index is 2.07. The zero-order valence-electron chi connectivity index (χ0n) is 13.7. The fourth-order valence-electron chi connectivity index (χ4n) is 2.04. The van der Waals surface area contributed by atoms with Crippen LogP contribution in [0.1, 0.15) is 34.6 Å². The van der Waals surface area contributed by atoms with Gasteiger partial charge in [-0.15, -0.1) is 0 Å². The molecule has 0 heterocycles. The summed E-state index contributed by atoms with van der Waals surface area (Å²) in [5.74, 6) is -0.202. The Morgan fingerprint density at radius 1 is 0.957 bits per heavy atom. The molecule has 23 heavy (non-hydrogen) atoms. The molecule has 0 saturated carbocycles. The molecule has 120 valence electrons. The van der Waals surface area contributed by atoms with Crippen LogP contribution in [0.3, 0.4) is 0 Å². The lowest BCUT2D eigenvalue weighted by molar-refractivity contribution is 0.0458. The molecule has 0 aliphatic rings. The number of carbonyl (C=O) groups excluding carboxylic acids is 2. The topological polar surface area (TPSA) is 46.6 Å². The van der Waals surface area contributed by atoms with Crippen molar-refractivity contribution < 1.29 is 14.3 Å². The number of esters is 1. The number of hydrogen-bond donors (Lipinski definition) is 0. The highest BCUT2D eigenvalue weighted by Gasteiger charge is 2.14. The van der Waals surface area contributed by atoms with Gasteiger partial charge in [-0.3, -0.25) is 4.79 Å². The fourth-order valence-corrected chi connectivity index (χ4v) is 2.04. The molecule has 0 spiro atoms. The normalized spacial score (nSPS) is 10.4. The average Bonchev–Trinajstić information content (AvgIpc) is 2.59. The molecular formula is C19H21NO3. The van der Waals surface area contributed by atoms with Gasteiger partial charge in [0.15, 0.2) is 0 Å². The van der Waals surface area contributed by atoms with Gasteiger partial charge in [-0.05, 0) is 42.3 Å². The SMILES string of the molecule is CC(C)COC(=O)c1ccc(C(=O)N(C)c2ccccc2)cc1. The molecule has 0 bridgehead atoms. The molecule has 4 heteroatoms. The van der Waals surface area contributed by atoms with Crippen LogP contribution in [-0.2, 0) is 4.74 Å². The first kappa shape index (κ1) is 16.7. The van der Waals surface area contributed by atoms with Crippen LogP contribution in [-0.4, -0.2) is 25.5 Å². The van der Waals surface area contributed by atoms with Crippen molar-refractivity contribution in [2.75, 3.05) is 18.6 Å². The largest absolute Gasteiger partial charge is 0.462 e. The van der Waals surface area contributed by atoms with Crippen LogP contribution in [0.4, 0.5) is 5.69 Å². The van der Waals surface area contributed by atoms with E-state index in [1.165, 1.54) is 0 Å². The minimum atomic E-state index is -0.367. The third-order valence-corrected chi connectivity index (χ3v) is 3.36. The van der Waals surface area contributed by atoms with Crippen LogP contribution in [0.25, 0.3) is 0 Å². The Hall–Kier alpha value is -2.62. The van der Waals surface area contributed by atoms with E-state index in [4.69, 9.17) is 4.74 Å². The van der Waals surface area contributed by atoms with Gasteiger partial charge in [0.05, 0.1) is 12.2 Å². The van der Waals surface area contributed by atoms with E-state index in [0.717, 1.165) is 5.69 Å². The van der Waals surface area contributed by atoms with E-state index in [9.17, 15) is 9.59 Å². The monoisotopic (exact) mass is 311 g/mol. The molecule has 0 atom stereocenters. The van der Waals surface area contributed by atoms with Crippen LogP contribution in [0.2, 0.25) is 0 Å². The Bertz CT molecular complexity index is 663. The molecule has 4 nitrogen and oxygen atoms in total. The molecule has 2 aromatic rings. The number of benzene rings is 2. The molecule has 0 unspecified atom stereocenters. The Labute approximate surface area is 136 Å². The summed E-state index contributed by atoms with van der Waals surface area (Å²) in [6.45, 7) is 4.35. The maximum absolute atomic E-state index is 12.5. The van der Waals surface area contributed by atoms with Crippen molar-refractivity contribution in [2.24, 2.45) is 5.92 Å². The first-order chi connectivity index (χ1) is 11.0. The molecule has 2 aromatic carbocycles. The highest BCUT2D eigenvalue weighted by atomic mass is 16.5. The second-order valence-electron chi connectivity index (χ2n) is 5.77. The van der Waals surface area contributed by atoms with E-state index >= 15 is 0 Å². The summed E-state index contributed by atoms with van der Waals surface area (Å²) in [6, 6.07) is 15.9. The van der Waals surface area contributed by atoms with Gasteiger partial charge in [0.25, 0.3) is 5.91 Å². The summed E-state index contributed by atoms with van der Waals surface area (Å²) in [4.78, 5) is 25.9. The first-order valence-electron chi connectivity index (χ1n) is 7.59. The van der Waals surface area contributed by atoms with Gasteiger partial charge in [0, 0.05) is 18.3 Å². The number of nitrogens with zero attached hydrogens (tertiary/aromatic N) is 1. The average molecular weight is 311 g/mol. The molecule has 2 rings (SSSR count). The molecule has 0 aliphatic carbocycles. The minimum absolute atomic E-state index is 0.127. The number of hydrogen-bond acceptors (Lipinski definition) is 3. The van der Waals surface area contributed by atoms with Gasteiger partial charge in [0.2, 0.25) is 0 Å². The molecule has 0 N–H and O–H groups in total.